The van der Waals surface area contributed by atoms with E-state index in [9.17, 15) is 4.79 Å². The summed E-state index contributed by atoms with van der Waals surface area (Å²) in [4.78, 5) is 13.5. The molecular formula is C21H44N2O. The summed E-state index contributed by atoms with van der Waals surface area (Å²) in [6.45, 7) is 2.93. The van der Waals surface area contributed by atoms with Crippen LogP contribution in [0.15, 0.2) is 0 Å². The number of amides is 1. The van der Waals surface area contributed by atoms with E-state index in [1.807, 2.05) is 19.0 Å². The van der Waals surface area contributed by atoms with Crippen molar-refractivity contribution in [3.05, 3.63) is 0 Å². The van der Waals surface area contributed by atoms with Gasteiger partial charge in [-0.25, -0.2) is 0 Å². The first kappa shape index (κ1) is 23.4. The van der Waals surface area contributed by atoms with Crippen LogP contribution in [0.4, 0.5) is 0 Å². The molecule has 0 rings (SSSR count). The topological polar surface area (TPSA) is 32.3 Å². The van der Waals surface area contributed by atoms with E-state index in [4.69, 9.17) is 0 Å². The summed E-state index contributed by atoms with van der Waals surface area (Å²) in [6.07, 6.45) is 21.2. The zero-order valence-electron chi connectivity index (χ0n) is 16.9. The van der Waals surface area contributed by atoms with Crippen LogP contribution in [0.3, 0.4) is 0 Å². The first-order chi connectivity index (χ1) is 11.7. The summed E-state index contributed by atoms with van der Waals surface area (Å²) in [5, 5.41) is 2.92. The second kappa shape index (κ2) is 18.8. The number of nitrogens with zero attached hydrogens (tertiary/aromatic N) is 1. The van der Waals surface area contributed by atoms with E-state index in [2.05, 4.69) is 12.2 Å². The van der Waals surface area contributed by atoms with Gasteiger partial charge in [-0.2, -0.15) is 0 Å². The maximum Gasteiger partial charge on any atom is 0.220 e. The minimum Gasteiger partial charge on any atom is -0.343 e. The third kappa shape index (κ3) is 19.5. The number of carbonyl (C=O) groups is 1. The molecule has 0 bridgehead atoms. The summed E-state index contributed by atoms with van der Waals surface area (Å²) in [5.74, 6) is 0.193. The highest BCUT2D eigenvalue weighted by atomic mass is 16.1. The van der Waals surface area contributed by atoms with Crippen LogP contribution in [0.5, 0.6) is 0 Å². The molecule has 0 aromatic carbocycles. The third-order valence-electron chi connectivity index (χ3n) is 4.60. The van der Waals surface area contributed by atoms with Crippen LogP contribution in [-0.2, 0) is 4.79 Å². The van der Waals surface area contributed by atoms with Gasteiger partial charge >= 0.3 is 0 Å². The predicted octanol–water partition coefficient (Wildman–Crippen LogP) is 5.88. The van der Waals surface area contributed by atoms with Crippen LogP contribution in [0.2, 0.25) is 0 Å². The Morgan fingerprint density at radius 1 is 0.667 bits per heavy atom. The van der Waals surface area contributed by atoms with Crippen molar-refractivity contribution >= 4 is 5.91 Å². The summed E-state index contributed by atoms with van der Waals surface area (Å²) >= 11 is 0. The highest BCUT2D eigenvalue weighted by molar-refractivity contribution is 5.75. The van der Waals surface area contributed by atoms with E-state index in [1.54, 1.807) is 0 Å². The number of hydrogen-bond acceptors (Lipinski definition) is 2. The van der Waals surface area contributed by atoms with Gasteiger partial charge in [-0.15, -0.1) is 0 Å². The summed E-state index contributed by atoms with van der Waals surface area (Å²) < 4.78 is 0. The van der Waals surface area contributed by atoms with Crippen molar-refractivity contribution in [2.45, 2.75) is 110 Å². The lowest BCUT2D eigenvalue weighted by Gasteiger charge is -2.10. The van der Waals surface area contributed by atoms with E-state index in [1.165, 1.54) is 89.9 Å². The molecule has 0 unspecified atom stereocenters. The van der Waals surface area contributed by atoms with Crippen LogP contribution >= 0.6 is 0 Å². The van der Waals surface area contributed by atoms with Crippen molar-refractivity contribution in [1.82, 2.24) is 10.2 Å². The quantitative estimate of drug-likeness (QED) is 0.249. The molecule has 0 radical (unpaired) electrons. The first-order valence-electron chi connectivity index (χ1n) is 10.6. The molecule has 144 valence electrons. The van der Waals surface area contributed by atoms with E-state index < -0.39 is 0 Å². The van der Waals surface area contributed by atoms with Crippen molar-refractivity contribution in [2.75, 3.05) is 20.8 Å². The summed E-state index contributed by atoms with van der Waals surface area (Å²) in [7, 11) is 3.93. The van der Waals surface area contributed by atoms with Gasteiger partial charge in [-0.05, 0) is 20.5 Å². The molecule has 0 atom stereocenters. The molecule has 0 saturated heterocycles. The molecule has 0 aromatic rings. The summed E-state index contributed by atoms with van der Waals surface area (Å²) in [5.41, 5.74) is 0. The van der Waals surface area contributed by atoms with Crippen molar-refractivity contribution in [3.63, 3.8) is 0 Å². The molecule has 1 amide bonds. The van der Waals surface area contributed by atoms with E-state index >= 15 is 0 Å². The molecule has 3 heteroatoms. The van der Waals surface area contributed by atoms with E-state index in [0.29, 0.717) is 13.1 Å². The Morgan fingerprint density at radius 3 is 1.42 bits per heavy atom. The third-order valence-corrected chi connectivity index (χ3v) is 4.60. The molecule has 0 heterocycles. The normalized spacial score (nSPS) is 11.2. The second-order valence-electron chi connectivity index (χ2n) is 7.54. The van der Waals surface area contributed by atoms with Crippen molar-refractivity contribution in [3.8, 4) is 0 Å². The van der Waals surface area contributed by atoms with E-state index in [0.717, 1.165) is 6.42 Å². The zero-order chi connectivity index (χ0) is 17.9. The Kier molecular flexibility index (Phi) is 18.3. The molecule has 0 aliphatic carbocycles. The molecule has 0 saturated carbocycles. The Bertz CT molecular complexity index is 267. The average molecular weight is 341 g/mol. The van der Waals surface area contributed by atoms with Crippen molar-refractivity contribution in [2.24, 2.45) is 0 Å². The minimum atomic E-state index is 0.193. The lowest BCUT2D eigenvalue weighted by molar-refractivity contribution is -0.121. The maximum atomic E-state index is 11.5. The van der Waals surface area contributed by atoms with Crippen molar-refractivity contribution in [1.29, 1.82) is 0 Å². The summed E-state index contributed by atoms with van der Waals surface area (Å²) in [6, 6.07) is 0. The van der Waals surface area contributed by atoms with Crippen LogP contribution in [0.1, 0.15) is 110 Å². The van der Waals surface area contributed by atoms with Crippen molar-refractivity contribution < 1.29 is 4.79 Å². The van der Waals surface area contributed by atoms with Gasteiger partial charge in [-0.3, -0.25) is 9.69 Å². The van der Waals surface area contributed by atoms with Gasteiger partial charge in [0.25, 0.3) is 0 Å². The molecular weight excluding hydrogens is 296 g/mol. The number of unbranched alkanes of at least 4 members (excludes halogenated alkanes) is 14. The Labute approximate surface area is 152 Å². The molecule has 0 spiro atoms. The van der Waals surface area contributed by atoms with Gasteiger partial charge in [-0.1, -0.05) is 96.8 Å². The lowest BCUT2D eigenvalue weighted by Crippen LogP contribution is -2.32. The molecule has 3 nitrogen and oxygen atoms in total. The Balaban J connectivity index is 3.08. The predicted molar refractivity (Wildman–Crippen MR) is 106 cm³/mol. The molecule has 0 aliphatic heterocycles. The number of rotatable bonds is 18. The standard InChI is InChI=1S/C21H44N2O/c1-4-5-6-7-8-9-10-11-12-13-14-15-16-17-18-19-21(24)22-20-23(2)3/h4-20H2,1-3H3,(H,22,24). The highest BCUT2D eigenvalue weighted by Gasteiger charge is 2.00. The highest BCUT2D eigenvalue weighted by Crippen LogP contribution is 2.13. The minimum absolute atomic E-state index is 0.193. The largest absolute Gasteiger partial charge is 0.343 e. The second-order valence-corrected chi connectivity index (χ2v) is 7.54. The van der Waals surface area contributed by atoms with Crippen LogP contribution in [-0.4, -0.2) is 31.6 Å². The van der Waals surface area contributed by atoms with Crippen LogP contribution < -0.4 is 5.32 Å². The monoisotopic (exact) mass is 340 g/mol. The van der Waals surface area contributed by atoms with Gasteiger partial charge < -0.3 is 5.32 Å². The van der Waals surface area contributed by atoms with Gasteiger partial charge in [0.15, 0.2) is 0 Å². The average Bonchev–Trinajstić information content (AvgIpc) is 2.56. The molecule has 0 fully saturated rings. The Morgan fingerprint density at radius 2 is 1.04 bits per heavy atom. The van der Waals surface area contributed by atoms with E-state index in [-0.39, 0.29) is 5.91 Å². The molecule has 1 N–H and O–H groups in total. The zero-order valence-corrected chi connectivity index (χ0v) is 16.9. The molecule has 24 heavy (non-hydrogen) atoms. The number of nitrogens with one attached hydrogen (secondary N) is 1. The lowest BCUT2D eigenvalue weighted by atomic mass is 10.0. The number of carbonyl (C=O) groups excluding carboxylic acids is 1. The van der Waals surface area contributed by atoms with Gasteiger partial charge in [0, 0.05) is 6.42 Å². The van der Waals surface area contributed by atoms with Gasteiger partial charge in [0.2, 0.25) is 5.91 Å². The fourth-order valence-electron chi connectivity index (χ4n) is 2.99. The smallest absolute Gasteiger partial charge is 0.220 e. The van der Waals surface area contributed by atoms with Gasteiger partial charge in [0.05, 0.1) is 6.67 Å². The van der Waals surface area contributed by atoms with Crippen LogP contribution in [0, 0.1) is 0 Å². The molecule has 0 aromatic heterocycles. The maximum absolute atomic E-state index is 11.5. The molecule has 0 aliphatic rings. The SMILES string of the molecule is CCCCCCCCCCCCCCCCCC(=O)NCN(C)C. The Hall–Kier alpha value is -0.570. The number of hydrogen-bond donors (Lipinski definition) is 1. The van der Waals surface area contributed by atoms with Gasteiger partial charge in [0.1, 0.15) is 0 Å². The fourth-order valence-corrected chi connectivity index (χ4v) is 2.99. The van der Waals surface area contributed by atoms with Crippen LogP contribution in [0.25, 0.3) is 0 Å². The fraction of sp³-hybridized carbons (Fsp3) is 0.952. The first-order valence-corrected chi connectivity index (χ1v) is 10.6.